The zero-order valence-corrected chi connectivity index (χ0v) is 14.6. The van der Waals surface area contributed by atoms with E-state index in [9.17, 15) is 4.79 Å². The third kappa shape index (κ3) is 8.97. The monoisotopic (exact) mass is 298 g/mol. The van der Waals surface area contributed by atoms with Crippen LogP contribution in [-0.2, 0) is 4.74 Å². The van der Waals surface area contributed by atoms with Gasteiger partial charge in [-0.1, -0.05) is 27.2 Å². The van der Waals surface area contributed by atoms with Crippen LogP contribution in [0.1, 0.15) is 66.7 Å². The molecule has 4 heteroatoms. The highest BCUT2D eigenvalue weighted by atomic mass is 16.5. The number of ether oxygens (including phenoxy) is 1. The second kappa shape index (κ2) is 8.02. The lowest BCUT2D eigenvalue weighted by molar-refractivity contribution is 0.121. The largest absolute Gasteiger partial charge is 0.450 e. The number of amides is 1. The number of likely N-dealkylation sites (tertiary alicyclic amines) is 1. The van der Waals surface area contributed by atoms with Crippen LogP contribution in [-0.4, -0.2) is 42.8 Å². The zero-order chi connectivity index (χ0) is 15.9. The highest BCUT2D eigenvalue weighted by Gasteiger charge is 2.27. The number of rotatable bonds is 6. The molecule has 0 aromatic rings. The fourth-order valence-electron chi connectivity index (χ4n) is 3.32. The van der Waals surface area contributed by atoms with Gasteiger partial charge in [-0.25, -0.2) is 4.79 Å². The Morgan fingerprint density at radius 3 is 2.29 bits per heavy atom. The molecule has 0 aliphatic carbocycles. The summed E-state index contributed by atoms with van der Waals surface area (Å²) in [5.41, 5.74) is -0.0484. The standard InChI is InChI=1S/C17H34N2O2/c1-16(2,3)14-17(4,5)18-15(20)21-13-9-12-19-10-7-6-8-11-19/h6-14H2,1-5H3,(H,18,20). The number of piperidine rings is 1. The summed E-state index contributed by atoms with van der Waals surface area (Å²) >= 11 is 0. The molecule has 0 radical (unpaired) electrons. The van der Waals surface area contributed by atoms with E-state index in [1.165, 1.54) is 32.4 Å². The first-order chi connectivity index (χ1) is 9.68. The topological polar surface area (TPSA) is 41.6 Å². The number of hydrogen-bond donors (Lipinski definition) is 1. The first kappa shape index (κ1) is 18.3. The Hall–Kier alpha value is -0.770. The van der Waals surface area contributed by atoms with Crippen LogP contribution in [0.25, 0.3) is 0 Å². The third-order valence-electron chi connectivity index (χ3n) is 3.71. The lowest BCUT2D eigenvalue weighted by Crippen LogP contribution is -2.46. The summed E-state index contributed by atoms with van der Waals surface area (Å²) in [7, 11) is 0. The third-order valence-corrected chi connectivity index (χ3v) is 3.71. The van der Waals surface area contributed by atoms with Crippen LogP contribution in [0.4, 0.5) is 4.79 Å². The van der Waals surface area contributed by atoms with E-state index >= 15 is 0 Å². The SMILES string of the molecule is CC(C)(C)CC(C)(C)NC(=O)OCCCN1CCCCC1. The van der Waals surface area contributed by atoms with Gasteiger partial charge in [-0.05, 0) is 58.0 Å². The summed E-state index contributed by atoms with van der Waals surface area (Å²) in [4.78, 5) is 14.3. The van der Waals surface area contributed by atoms with Gasteiger partial charge >= 0.3 is 6.09 Å². The molecular weight excluding hydrogens is 264 g/mol. The van der Waals surface area contributed by atoms with Gasteiger partial charge in [0.05, 0.1) is 6.61 Å². The van der Waals surface area contributed by atoms with Gasteiger partial charge in [-0.2, -0.15) is 0 Å². The molecule has 1 fully saturated rings. The van der Waals surface area contributed by atoms with Crippen molar-refractivity contribution in [2.45, 2.75) is 72.3 Å². The fourth-order valence-corrected chi connectivity index (χ4v) is 3.32. The second-order valence-electron chi connectivity index (χ2n) is 8.14. The number of carbonyl (C=O) groups is 1. The lowest BCUT2D eigenvalue weighted by Gasteiger charge is -2.32. The molecule has 0 atom stereocenters. The molecule has 0 aromatic heterocycles. The van der Waals surface area contributed by atoms with Gasteiger partial charge in [0.25, 0.3) is 0 Å². The van der Waals surface area contributed by atoms with Gasteiger partial charge in [0.2, 0.25) is 0 Å². The number of carbonyl (C=O) groups excluding carboxylic acids is 1. The van der Waals surface area contributed by atoms with E-state index in [1.54, 1.807) is 0 Å². The number of nitrogens with zero attached hydrogens (tertiary/aromatic N) is 1. The molecule has 0 unspecified atom stereocenters. The molecule has 1 N–H and O–H groups in total. The smallest absolute Gasteiger partial charge is 0.407 e. The van der Waals surface area contributed by atoms with E-state index in [2.05, 4.69) is 31.0 Å². The summed E-state index contributed by atoms with van der Waals surface area (Å²) < 4.78 is 5.31. The quantitative estimate of drug-likeness (QED) is 0.758. The minimum Gasteiger partial charge on any atom is -0.450 e. The molecule has 124 valence electrons. The predicted molar refractivity (Wildman–Crippen MR) is 87.5 cm³/mol. The van der Waals surface area contributed by atoms with Crippen molar-refractivity contribution in [3.63, 3.8) is 0 Å². The number of alkyl carbamates (subject to hydrolysis) is 1. The van der Waals surface area contributed by atoms with E-state index in [0.29, 0.717) is 6.61 Å². The van der Waals surface area contributed by atoms with Crippen LogP contribution < -0.4 is 5.32 Å². The first-order valence-corrected chi connectivity index (χ1v) is 8.35. The lowest BCUT2D eigenvalue weighted by atomic mass is 9.82. The van der Waals surface area contributed by atoms with Crippen molar-refractivity contribution < 1.29 is 9.53 Å². The van der Waals surface area contributed by atoms with Crippen LogP contribution in [0.3, 0.4) is 0 Å². The van der Waals surface area contributed by atoms with Crippen molar-refractivity contribution in [1.29, 1.82) is 0 Å². The second-order valence-corrected chi connectivity index (χ2v) is 8.14. The molecule has 0 bridgehead atoms. The van der Waals surface area contributed by atoms with Crippen LogP contribution >= 0.6 is 0 Å². The van der Waals surface area contributed by atoms with Crippen LogP contribution in [0.5, 0.6) is 0 Å². The summed E-state index contributed by atoms with van der Waals surface area (Å²) in [6, 6.07) is 0. The normalized spacial score (nSPS) is 17.6. The number of hydrogen-bond acceptors (Lipinski definition) is 3. The molecule has 21 heavy (non-hydrogen) atoms. The molecule has 1 heterocycles. The molecule has 0 aromatic carbocycles. The van der Waals surface area contributed by atoms with Crippen molar-refractivity contribution in [2.24, 2.45) is 5.41 Å². The summed E-state index contributed by atoms with van der Waals surface area (Å²) in [6.07, 6.45) is 5.53. The highest BCUT2D eigenvalue weighted by Crippen LogP contribution is 2.26. The maximum atomic E-state index is 11.8. The van der Waals surface area contributed by atoms with Gasteiger partial charge in [0.1, 0.15) is 0 Å². The van der Waals surface area contributed by atoms with Gasteiger partial charge in [-0.3, -0.25) is 0 Å². The molecule has 1 saturated heterocycles. The average molecular weight is 298 g/mol. The maximum Gasteiger partial charge on any atom is 0.407 e. The van der Waals surface area contributed by atoms with E-state index in [1.807, 2.05) is 13.8 Å². The Morgan fingerprint density at radius 1 is 1.10 bits per heavy atom. The zero-order valence-electron chi connectivity index (χ0n) is 14.6. The van der Waals surface area contributed by atoms with E-state index in [-0.39, 0.29) is 17.0 Å². The van der Waals surface area contributed by atoms with Gasteiger partial charge in [0, 0.05) is 12.1 Å². The van der Waals surface area contributed by atoms with Crippen molar-refractivity contribution in [3.05, 3.63) is 0 Å². The fraction of sp³-hybridized carbons (Fsp3) is 0.941. The Labute approximate surface area is 130 Å². The first-order valence-electron chi connectivity index (χ1n) is 8.35. The Morgan fingerprint density at radius 2 is 1.71 bits per heavy atom. The van der Waals surface area contributed by atoms with Gasteiger partial charge < -0.3 is 15.0 Å². The minimum absolute atomic E-state index is 0.186. The molecule has 0 saturated carbocycles. The number of nitrogens with one attached hydrogen (secondary N) is 1. The van der Waals surface area contributed by atoms with Crippen LogP contribution in [0, 0.1) is 5.41 Å². The Balaban J connectivity index is 2.15. The van der Waals surface area contributed by atoms with Crippen LogP contribution in [0.15, 0.2) is 0 Å². The minimum atomic E-state index is -0.289. The highest BCUT2D eigenvalue weighted by molar-refractivity contribution is 5.68. The van der Waals surface area contributed by atoms with E-state index in [4.69, 9.17) is 4.74 Å². The summed E-state index contributed by atoms with van der Waals surface area (Å²) in [6.45, 7) is 14.6. The summed E-state index contributed by atoms with van der Waals surface area (Å²) in [5, 5.41) is 2.98. The van der Waals surface area contributed by atoms with Crippen LogP contribution in [0.2, 0.25) is 0 Å². The predicted octanol–water partition coefficient (Wildman–Crippen LogP) is 3.80. The molecule has 1 rings (SSSR count). The van der Waals surface area contributed by atoms with Crippen molar-refractivity contribution in [2.75, 3.05) is 26.2 Å². The van der Waals surface area contributed by atoms with E-state index in [0.717, 1.165) is 19.4 Å². The Kier molecular flexibility index (Phi) is 6.98. The maximum absolute atomic E-state index is 11.8. The van der Waals surface area contributed by atoms with Crippen molar-refractivity contribution in [3.8, 4) is 0 Å². The van der Waals surface area contributed by atoms with Crippen molar-refractivity contribution in [1.82, 2.24) is 10.2 Å². The molecular formula is C17H34N2O2. The molecule has 4 nitrogen and oxygen atoms in total. The van der Waals surface area contributed by atoms with E-state index < -0.39 is 0 Å². The Bertz CT molecular complexity index is 315. The summed E-state index contributed by atoms with van der Waals surface area (Å²) in [5.74, 6) is 0. The van der Waals surface area contributed by atoms with Crippen molar-refractivity contribution >= 4 is 6.09 Å². The average Bonchev–Trinajstić information content (AvgIpc) is 2.32. The van der Waals surface area contributed by atoms with Gasteiger partial charge in [-0.15, -0.1) is 0 Å². The van der Waals surface area contributed by atoms with Gasteiger partial charge in [0.15, 0.2) is 0 Å². The molecule has 1 aliphatic rings. The molecule has 1 amide bonds. The molecule has 0 spiro atoms. The molecule has 1 aliphatic heterocycles.